The van der Waals surface area contributed by atoms with Crippen molar-refractivity contribution >= 4 is 11.7 Å². The highest BCUT2D eigenvalue weighted by Gasteiger charge is 2.10. The smallest absolute Gasteiger partial charge is 0.273 e. The van der Waals surface area contributed by atoms with Crippen LogP contribution in [0.1, 0.15) is 23.8 Å². The van der Waals surface area contributed by atoms with E-state index in [0.29, 0.717) is 13.0 Å². The molecule has 0 saturated heterocycles. The van der Waals surface area contributed by atoms with Crippen LogP contribution in [-0.4, -0.2) is 33.6 Å². The molecule has 0 aromatic carbocycles. The molecule has 0 radical (unpaired) electrons. The summed E-state index contributed by atoms with van der Waals surface area (Å²) in [6.45, 7) is 2.04. The van der Waals surface area contributed by atoms with Gasteiger partial charge < -0.3 is 16.2 Å². The van der Waals surface area contributed by atoms with E-state index in [4.69, 9.17) is 10.8 Å². The average Bonchev–Trinajstić information content (AvgIpc) is 2.17. The van der Waals surface area contributed by atoms with Crippen molar-refractivity contribution in [3.8, 4) is 0 Å². The van der Waals surface area contributed by atoms with Crippen LogP contribution >= 0.6 is 0 Å². The fourth-order valence-corrected chi connectivity index (χ4v) is 1.00. The zero-order valence-electron chi connectivity index (χ0n) is 8.47. The molecule has 82 valence electrons. The van der Waals surface area contributed by atoms with Crippen molar-refractivity contribution in [3.05, 3.63) is 18.1 Å². The summed E-state index contributed by atoms with van der Waals surface area (Å²) in [4.78, 5) is 19.0. The monoisotopic (exact) mass is 210 g/mol. The van der Waals surface area contributed by atoms with Crippen LogP contribution in [0.3, 0.4) is 0 Å². The first kappa shape index (κ1) is 11.4. The van der Waals surface area contributed by atoms with Crippen molar-refractivity contribution < 1.29 is 9.90 Å². The Bertz CT molecular complexity index is 341. The van der Waals surface area contributed by atoms with Crippen LogP contribution in [0.4, 0.5) is 5.82 Å². The fourth-order valence-electron chi connectivity index (χ4n) is 1.00. The standard InChI is InChI=1S/C9H14N4O2/c1-6(14)2-3-13-9(15)7-8(10)12-5-4-11-7/h4-6,14H,2-3H2,1H3,(H2,10,12)(H,13,15). The minimum atomic E-state index is -0.440. The molecular formula is C9H14N4O2. The van der Waals surface area contributed by atoms with Gasteiger partial charge in [-0.15, -0.1) is 0 Å². The van der Waals surface area contributed by atoms with Gasteiger partial charge in [-0.25, -0.2) is 9.97 Å². The molecule has 1 atom stereocenters. The first-order valence-corrected chi connectivity index (χ1v) is 4.64. The lowest BCUT2D eigenvalue weighted by atomic mass is 10.3. The van der Waals surface area contributed by atoms with E-state index in [1.807, 2.05) is 0 Å². The van der Waals surface area contributed by atoms with Gasteiger partial charge in [-0.2, -0.15) is 0 Å². The Morgan fingerprint density at radius 3 is 2.87 bits per heavy atom. The number of hydrogen-bond donors (Lipinski definition) is 3. The molecule has 0 aliphatic carbocycles. The number of nitrogens with zero attached hydrogens (tertiary/aromatic N) is 2. The number of rotatable bonds is 4. The predicted molar refractivity (Wildman–Crippen MR) is 55.1 cm³/mol. The third-order valence-corrected chi connectivity index (χ3v) is 1.79. The van der Waals surface area contributed by atoms with Crippen molar-refractivity contribution in [1.29, 1.82) is 0 Å². The minimum Gasteiger partial charge on any atom is -0.393 e. The lowest BCUT2D eigenvalue weighted by Crippen LogP contribution is -2.28. The molecule has 1 heterocycles. The van der Waals surface area contributed by atoms with Crippen molar-refractivity contribution in [3.63, 3.8) is 0 Å². The van der Waals surface area contributed by atoms with Crippen LogP contribution in [0.15, 0.2) is 12.4 Å². The van der Waals surface area contributed by atoms with E-state index in [1.165, 1.54) is 12.4 Å². The van der Waals surface area contributed by atoms with Crippen molar-refractivity contribution in [1.82, 2.24) is 15.3 Å². The van der Waals surface area contributed by atoms with Crippen LogP contribution < -0.4 is 11.1 Å². The van der Waals surface area contributed by atoms with Gasteiger partial charge in [0.2, 0.25) is 0 Å². The van der Waals surface area contributed by atoms with Gasteiger partial charge in [-0.1, -0.05) is 0 Å². The van der Waals surface area contributed by atoms with Gasteiger partial charge in [0, 0.05) is 18.9 Å². The third-order valence-electron chi connectivity index (χ3n) is 1.79. The zero-order valence-corrected chi connectivity index (χ0v) is 8.47. The summed E-state index contributed by atoms with van der Waals surface area (Å²) in [6, 6.07) is 0. The number of nitrogens with one attached hydrogen (secondary N) is 1. The van der Waals surface area contributed by atoms with Crippen LogP contribution in [-0.2, 0) is 0 Å². The highest BCUT2D eigenvalue weighted by atomic mass is 16.3. The number of aliphatic hydroxyl groups is 1. The number of aromatic nitrogens is 2. The maximum Gasteiger partial charge on any atom is 0.273 e. The van der Waals surface area contributed by atoms with Crippen molar-refractivity contribution in [2.45, 2.75) is 19.4 Å². The predicted octanol–water partition coefficient (Wildman–Crippen LogP) is -0.441. The van der Waals surface area contributed by atoms with Crippen LogP contribution in [0.2, 0.25) is 0 Å². The molecule has 6 heteroatoms. The molecule has 0 bridgehead atoms. The second-order valence-corrected chi connectivity index (χ2v) is 3.18. The molecule has 0 saturated carbocycles. The summed E-state index contributed by atoms with van der Waals surface area (Å²) in [5.74, 6) is -0.270. The highest BCUT2D eigenvalue weighted by molar-refractivity contribution is 5.96. The van der Waals surface area contributed by atoms with E-state index in [1.54, 1.807) is 6.92 Å². The van der Waals surface area contributed by atoms with Gasteiger partial charge in [0.05, 0.1) is 6.10 Å². The number of amides is 1. The number of anilines is 1. The molecule has 1 rings (SSSR count). The van der Waals surface area contributed by atoms with E-state index in [-0.39, 0.29) is 17.4 Å². The zero-order chi connectivity index (χ0) is 11.3. The topological polar surface area (TPSA) is 101 Å². The number of hydrogen-bond acceptors (Lipinski definition) is 5. The molecule has 0 aliphatic rings. The molecule has 0 aliphatic heterocycles. The first-order valence-electron chi connectivity index (χ1n) is 4.64. The van der Waals surface area contributed by atoms with Gasteiger partial charge in [-0.05, 0) is 13.3 Å². The van der Waals surface area contributed by atoms with Crippen LogP contribution in [0.5, 0.6) is 0 Å². The van der Waals surface area contributed by atoms with E-state index < -0.39 is 6.10 Å². The molecule has 1 aromatic heterocycles. The third kappa shape index (κ3) is 3.51. The second-order valence-electron chi connectivity index (χ2n) is 3.18. The van der Waals surface area contributed by atoms with E-state index in [2.05, 4.69) is 15.3 Å². The lowest BCUT2D eigenvalue weighted by molar-refractivity contribution is 0.0941. The Balaban J connectivity index is 2.51. The SMILES string of the molecule is CC(O)CCNC(=O)c1nccnc1N. The molecular weight excluding hydrogens is 196 g/mol. The summed E-state index contributed by atoms with van der Waals surface area (Å²) >= 11 is 0. The normalized spacial score (nSPS) is 12.1. The molecule has 4 N–H and O–H groups in total. The number of nitrogen functional groups attached to an aromatic ring is 1. The van der Waals surface area contributed by atoms with Gasteiger partial charge in [0.15, 0.2) is 11.5 Å². The van der Waals surface area contributed by atoms with Crippen LogP contribution in [0.25, 0.3) is 0 Å². The second kappa shape index (κ2) is 5.26. The molecule has 0 fully saturated rings. The Morgan fingerprint density at radius 2 is 2.27 bits per heavy atom. The highest BCUT2D eigenvalue weighted by Crippen LogP contribution is 2.02. The summed E-state index contributed by atoms with van der Waals surface area (Å²) < 4.78 is 0. The minimum absolute atomic E-state index is 0.104. The van der Waals surface area contributed by atoms with E-state index >= 15 is 0 Å². The van der Waals surface area contributed by atoms with Gasteiger partial charge in [0.1, 0.15) is 0 Å². The average molecular weight is 210 g/mol. The van der Waals surface area contributed by atoms with Gasteiger partial charge >= 0.3 is 0 Å². The molecule has 1 amide bonds. The van der Waals surface area contributed by atoms with Gasteiger partial charge in [0.25, 0.3) is 5.91 Å². The summed E-state index contributed by atoms with van der Waals surface area (Å²) in [5.41, 5.74) is 5.58. The quantitative estimate of drug-likeness (QED) is 0.625. The maximum atomic E-state index is 11.5. The number of nitrogens with two attached hydrogens (primary N) is 1. The molecule has 6 nitrogen and oxygen atoms in total. The Morgan fingerprint density at radius 1 is 1.60 bits per heavy atom. The Hall–Kier alpha value is -1.69. The molecule has 15 heavy (non-hydrogen) atoms. The van der Waals surface area contributed by atoms with Crippen molar-refractivity contribution in [2.24, 2.45) is 0 Å². The van der Waals surface area contributed by atoms with Crippen molar-refractivity contribution in [2.75, 3.05) is 12.3 Å². The summed E-state index contributed by atoms with van der Waals surface area (Å²) in [6.07, 6.45) is 2.87. The van der Waals surface area contributed by atoms with E-state index in [9.17, 15) is 4.79 Å². The Kier molecular flexibility index (Phi) is 3.99. The summed E-state index contributed by atoms with van der Waals surface area (Å²) in [7, 11) is 0. The molecule has 1 unspecified atom stereocenters. The first-order chi connectivity index (χ1) is 7.11. The number of carbonyl (C=O) groups is 1. The number of aliphatic hydroxyl groups excluding tert-OH is 1. The lowest BCUT2D eigenvalue weighted by Gasteiger charge is -2.06. The van der Waals surface area contributed by atoms with Gasteiger partial charge in [-0.3, -0.25) is 4.79 Å². The number of carbonyl (C=O) groups excluding carboxylic acids is 1. The largest absolute Gasteiger partial charge is 0.393 e. The molecule has 1 aromatic rings. The fraction of sp³-hybridized carbons (Fsp3) is 0.444. The molecule has 0 spiro atoms. The maximum absolute atomic E-state index is 11.5. The van der Waals surface area contributed by atoms with Crippen LogP contribution in [0, 0.1) is 0 Å². The summed E-state index contributed by atoms with van der Waals surface area (Å²) in [5, 5.41) is 11.6. The van der Waals surface area contributed by atoms with E-state index in [0.717, 1.165) is 0 Å². The Labute approximate surface area is 87.5 Å².